The van der Waals surface area contributed by atoms with E-state index in [0.717, 1.165) is 17.7 Å². The standard InChI is InChI=1S/C19H19FN2O3/c20-15-6-8-16(9-7-15)22-19(25)11-10-18(24)21-13-12-17(23)14-4-2-1-3-5-14/h1-11,17,23H,12-13H2,(H,21,24)(H,22,25)/b11-10+. The van der Waals surface area contributed by atoms with Gasteiger partial charge in [0.1, 0.15) is 5.82 Å². The fourth-order valence-electron chi connectivity index (χ4n) is 2.10. The van der Waals surface area contributed by atoms with Crippen LogP contribution in [0.15, 0.2) is 66.7 Å². The second-order valence-electron chi connectivity index (χ2n) is 5.34. The largest absolute Gasteiger partial charge is 0.388 e. The predicted octanol–water partition coefficient (Wildman–Crippen LogP) is 2.56. The minimum Gasteiger partial charge on any atom is -0.388 e. The van der Waals surface area contributed by atoms with E-state index in [1.807, 2.05) is 30.3 Å². The summed E-state index contributed by atoms with van der Waals surface area (Å²) in [4.78, 5) is 23.3. The number of amides is 2. The van der Waals surface area contributed by atoms with Crippen molar-refractivity contribution in [3.05, 3.63) is 78.1 Å². The minimum atomic E-state index is -0.660. The van der Waals surface area contributed by atoms with Crippen molar-refractivity contribution in [1.82, 2.24) is 5.32 Å². The summed E-state index contributed by atoms with van der Waals surface area (Å²) in [7, 11) is 0. The van der Waals surface area contributed by atoms with Crippen molar-refractivity contribution in [1.29, 1.82) is 0 Å². The molecule has 0 aliphatic rings. The van der Waals surface area contributed by atoms with Crippen molar-refractivity contribution in [2.45, 2.75) is 12.5 Å². The molecule has 0 aromatic heterocycles. The summed E-state index contributed by atoms with van der Waals surface area (Å²) in [6.45, 7) is 0.277. The normalized spacial score (nSPS) is 11.9. The summed E-state index contributed by atoms with van der Waals surface area (Å²) in [5, 5.41) is 15.1. The van der Waals surface area contributed by atoms with Gasteiger partial charge < -0.3 is 15.7 Å². The quantitative estimate of drug-likeness (QED) is 0.677. The maximum atomic E-state index is 12.8. The average Bonchev–Trinajstić information content (AvgIpc) is 2.62. The Morgan fingerprint density at radius 3 is 2.32 bits per heavy atom. The van der Waals surface area contributed by atoms with Crippen molar-refractivity contribution in [2.24, 2.45) is 0 Å². The van der Waals surface area contributed by atoms with Gasteiger partial charge in [-0.2, -0.15) is 0 Å². The van der Waals surface area contributed by atoms with E-state index < -0.39 is 23.7 Å². The predicted molar refractivity (Wildman–Crippen MR) is 93.2 cm³/mol. The van der Waals surface area contributed by atoms with Gasteiger partial charge in [0.2, 0.25) is 11.8 Å². The molecule has 0 radical (unpaired) electrons. The third-order valence-corrected chi connectivity index (χ3v) is 3.40. The molecular weight excluding hydrogens is 323 g/mol. The Hall–Kier alpha value is -2.99. The second kappa shape index (κ2) is 9.34. The zero-order valence-corrected chi connectivity index (χ0v) is 13.5. The molecule has 0 heterocycles. The molecule has 1 unspecified atom stereocenters. The Kier molecular flexibility index (Phi) is 6.86. The van der Waals surface area contributed by atoms with Crippen LogP contribution in [0.2, 0.25) is 0 Å². The van der Waals surface area contributed by atoms with Crippen LogP contribution in [0.1, 0.15) is 18.1 Å². The minimum absolute atomic E-state index is 0.277. The third-order valence-electron chi connectivity index (χ3n) is 3.40. The number of hydrogen-bond acceptors (Lipinski definition) is 3. The smallest absolute Gasteiger partial charge is 0.248 e. The highest BCUT2D eigenvalue weighted by Gasteiger charge is 2.07. The summed E-state index contributed by atoms with van der Waals surface area (Å²) in [5.41, 5.74) is 1.22. The van der Waals surface area contributed by atoms with E-state index in [1.165, 1.54) is 24.3 Å². The summed E-state index contributed by atoms with van der Waals surface area (Å²) in [5.74, 6) is -1.33. The molecule has 2 aromatic rings. The second-order valence-corrected chi connectivity index (χ2v) is 5.34. The number of carbonyl (C=O) groups excluding carboxylic acids is 2. The first-order valence-corrected chi connectivity index (χ1v) is 7.80. The van der Waals surface area contributed by atoms with E-state index >= 15 is 0 Å². The van der Waals surface area contributed by atoms with Gasteiger partial charge in [-0.25, -0.2) is 4.39 Å². The van der Waals surface area contributed by atoms with Gasteiger partial charge in [0.25, 0.3) is 0 Å². The zero-order chi connectivity index (χ0) is 18.1. The first kappa shape index (κ1) is 18.4. The molecule has 0 saturated heterocycles. The molecule has 2 aromatic carbocycles. The highest BCUT2D eigenvalue weighted by molar-refractivity contribution is 6.03. The molecule has 2 rings (SSSR count). The number of nitrogens with one attached hydrogen (secondary N) is 2. The molecule has 130 valence electrons. The number of anilines is 1. The fourth-order valence-corrected chi connectivity index (χ4v) is 2.10. The number of carbonyl (C=O) groups is 2. The summed E-state index contributed by atoms with van der Waals surface area (Å²) in [6, 6.07) is 14.4. The number of halogens is 1. The highest BCUT2D eigenvalue weighted by Crippen LogP contribution is 2.14. The number of benzene rings is 2. The Bertz CT molecular complexity index is 730. The van der Waals surface area contributed by atoms with Crippen molar-refractivity contribution in [3.63, 3.8) is 0 Å². The van der Waals surface area contributed by atoms with E-state index in [2.05, 4.69) is 10.6 Å². The van der Waals surface area contributed by atoms with Crippen LogP contribution in [0.4, 0.5) is 10.1 Å². The van der Waals surface area contributed by atoms with Gasteiger partial charge in [-0.15, -0.1) is 0 Å². The maximum Gasteiger partial charge on any atom is 0.248 e. The Morgan fingerprint density at radius 2 is 1.64 bits per heavy atom. The van der Waals surface area contributed by atoms with Crippen LogP contribution < -0.4 is 10.6 Å². The molecule has 0 aliphatic carbocycles. The van der Waals surface area contributed by atoms with Gasteiger partial charge in [0.15, 0.2) is 0 Å². The van der Waals surface area contributed by atoms with Crippen molar-refractivity contribution in [3.8, 4) is 0 Å². The summed E-state index contributed by atoms with van der Waals surface area (Å²) < 4.78 is 12.8. The molecule has 1 atom stereocenters. The number of hydrogen-bond donors (Lipinski definition) is 3. The first-order valence-electron chi connectivity index (χ1n) is 7.80. The molecule has 0 saturated carbocycles. The lowest BCUT2D eigenvalue weighted by Crippen LogP contribution is -2.24. The Labute approximate surface area is 145 Å². The van der Waals surface area contributed by atoms with Gasteiger partial charge in [0, 0.05) is 24.4 Å². The maximum absolute atomic E-state index is 12.8. The van der Waals surface area contributed by atoms with Gasteiger partial charge in [-0.1, -0.05) is 30.3 Å². The van der Waals surface area contributed by atoms with Crippen LogP contribution in [0.25, 0.3) is 0 Å². The number of aliphatic hydroxyl groups is 1. The molecule has 5 nitrogen and oxygen atoms in total. The molecule has 3 N–H and O–H groups in total. The lowest BCUT2D eigenvalue weighted by molar-refractivity contribution is -0.117. The van der Waals surface area contributed by atoms with E-state index in [1.54, 1.807) is 0 Å². The van der Waals surface area contributed by atoms with Crippen LogP contribution >= 0.6 is 0 Å². The van der Waals surface area contributed by atoms with Gasteiger partial charge in [0.05, 0.1) is 6.10 Å². The average molecular weight is 342 g/mol. The Balaban J connectivity index is 1.71. The number of rotatable bonds is 7. The molecule has 25 heavy (non-hydrogen) atoms. The first-order chi connectivity index (χ1) is 12.0. The molecule has 6 heteroatoms. The van der Waals surface area contributed by atoms with Crippen molar-refractivity contribution < 1.29 is 19.1 Å². The summed E-state index contributed by atoms with van der Waals surface area (Å²) in [6.07, 6.45) is 1.90. The topological polar surface area (TPSA) is 78.4 Å². The van der Waals surface area contributed by atoms with Crippen LogP contribution in [-0.2, 0) is 9.59 Å². The summed E-state index contributed by atoms with van der Waals surface area (Å²) >= 11 is 0. The lowest BCUT2D eigenvalue weighted by atomic mass is 10.1. The van der Waals surface area contributed by atoms with Crippen LogP contribution in [0.3, 0.4) is 0 Å². The highest BCUT2D eigenvalue weighted by atomic mass is 19.1. The third kappa shape index (κ3) is 6.56. The van der Waals surface area contributed by atoms with E-state index in [-0.39, 0.29) is 6.54 Å². The van der Waals surface area contributed by atoms with Crippen LogP contribution in [0, 0.1) is 5.82 Å². The molecule has 0 aliphatic heterocycles. The van der Waals surface area contributed by atoms with Gasteiger partial charge >= 0.3 is 0 Å². The van der Waals surface area contributed by atoms with Crippen LogP contribution in [0.5, 0.6) is 0 Å². The van der Waals surface area contributed by atoms with E-state index in [0.29, 0.717) is 12.1 Å². The molecule has 0 bridgehead atoms. The number of aliphatic hydroxyl groups excluding tert-OH is 1. The fraction of sp³-hybridized carbons (Fsp3) is 0.158. The molecular formula is C19H19FN2O3. The monoisotopic (exact) mass is 342 g/mol. The van der Waals surface area contributed by atoms with E-state index in [4.69, 9.17) is 0 Å². The Morgan fingerprint density at radius 1 is 1.00 bits per heavy atom. The molecule has 0 spiro atoms. The zero-order valence-electron chi connectivity index (χ0n) is 13.5. The van der Waals surface area contributed by atoms with Crippen LogP contribution in [-0.4, -0.2) is 23.5 Å². The lowest BCUT2D eigenvalue weighted by Gasteiger charge is -2.10. The van der Waals surface area contributed by atoms with Gasteiger partial charge in [-0.3, -0.25) is 9.59 Å². The van der Waals surface area contributed by atoms with Crippen molar-refractivity contribution >= 4 is 17.5 Å². The van der Waals surface area contributed by atoms with Crippen molar-refractivity contribution in [2.75, 3.05) is 11.9 Å². The van der Waals surface area contributed by atoms with E-state index in [9.17, 15) is 19.1 Å². The van der Waals surface area contributed by atoms with Gasteiger partial charge in [-0.05, 0) is 36.2 Å². The SMILES string of the molecule is O=C(/C=C/C(=O)Nc1ccc(F)cc1)NCCC(O)c1ccccc1. The molecule has 2 amide bonds. The molecule has 0 fully saturated rings.